The van der Waals surface area contributed by atoms with E-state index in [2.05, 4.69) is 39.9 Å². The van der Waals surface area contributed by atoms with Crippen molar-refractivity contribution in [1.29, 1.82) is 0 Å². The summed E-state index contributed by atoms with van der Waals surface area (Å²) in [6.45, 7) is 9.05. The van der Waals surface area contributed by atoms with Gasteiger partial charge in [-0.15, -0.1) is 11.3 Å². The number of imidazole rings is 1. The number of thiophene rings is 1. The fraction of sp³-hybridized carbons (Fsp3) is 0.515. The fourth-order valence-electron chi connectivity index (χ4n) is 5.69. The minimum atomic E-state index is -0.465. The second-order valence-corrected chi connectivity index (χ2v) is 13.6. The van der Waals surface area contributed by atoms with Gasteiger partial charge in [-0.25, -0.2) is 9.78 Å². The number of rotatable bonds is 9. The normalized spacial score (nSPS) is 16.5. The Balaban J connectivity index is 0.999. The highest BCUT2D eigenvalue weighted by Gasteiger charge is 2.27. The van der Waals surface area contributed by atoms with Crippen molar-refractivity contribution < 1.29 is 19.0 Å². The first-order valence-corrected chi connectivity index (χ1v) is 16.1. The molecule has 0 N–H and O–H groups in total. The highest BCUT2D eigenvalue weighted by Crippen LogP contribution is 2.38. The zero-order chi connectivity index (χ0) is 29.3. The molecule has 2 aliphatic rings. The van der Waals surface area contributed by atoms with Crippen LogP contribution in [0.15, 0.2) is 48.0 Å². The molecule has 42 heavy (non-hydrogen) atoms. The molecule has 1 saturated heterocycles. The number of hydrogen-bond acceptors (Lipinski definition) is 6. The van der Waals surface area contributed by atoms with Gasteiger partial charge in [0.15, 0.2) is 5.82 Å². The number of ether oxygens (including phenoxy) is 3. The summed E-state index contributed by atoms with van der Waals surface area (Å²) in [7, 11) is 2.12. The van der Waals surface area contributed by atoms with Crippen molar-refractivity contribution in [2.45, 2.75) is 70.9 Å². The number of carbonyl (C=O) groups excluding carboxylic acids is 1. The molecule has 4 heterocycles. The van der Waals surface area contributed by atoms with Gasteiger partial charge in [0.1, 0.15) is 23.7 Å². The summed E-state index contributed by atoms with van der Waals surface area (Å²) in [5, 5.41) is 2.14. The van der Waals surface area contributed by atoms with Crippen molar-refractivity contribution in [2.24, 2.45) is 13.0 Å². The topological polar surface area (TPSA) is 70.8 Å². The number of amides is 1. The minimum Gasteiger partial charge on any atom is -0.493 e. The van der Waals surface area contributed by atoms with Crippen LogP contribution in [-0.2, 0) is 18.3 Å². The molecule has 3 aromatic heterocycles. The van der Waals surface area contributed by atoms with Gasteiger partial charge < -0.3 is 28.2 Å². The molecule has 1 saturated carbocycles. The molecule has 0 radical (unpaired) electrons. The Hall–Kier alpha value is -3.46. The summed E-state index contributed by atoms with van der Waals surface area (Å²) in [5.74, 6) is 3.69. The summed E-state index contributed by atoms with van der Waals surface area (Å²) >= 11 is 1.77. The van der Waals surface area contributed by atoms with Gasteiger partial charge in [0, 0.05) is 32.3 Å². The van der Waals surface area contributed by atoms with Gasteiger partial charge in [-0.2, -0.15) is 0 Å². The Morgan fingerprint density at radius 2 is 1.74 bits per heavy atom. The van der Waals surface area contributed by atoms with Crippen molar-refractivity contribution in [2.75, 3.05) is 26.3 Å². The van der Waals surface area contributed by atoms with Crippen LogP contribution in [0.5, 0.6) is 11.5 Å². The van der Waals surface area contributed by atoms with Crippen LogP contribution >= 0.6 is 11.3 Å². The Morgan fingerprint density at radius 1 is 1.02 bits per heavy atom. The maximum Gasteiger partial charge on any atom is 0.410 e. The van der Waals surface area contributed by atoms with E-state index < -0.39 is 5.60 Å². The maximum absolute atomic E-state index is 12.3. The van der Waals surface area contributed by atoms with E-state index in [9.17, 15) is 4.79 Å². The molecule has 1 amide bonds. The zero-order valence-electron chi connectivity index (χ0n) is 25.2. The van der Waals surface area contributed by atoms with Crippen LogP contribution in [0.2, 0.25) is 0 Å². The lowest BCUT2D eigenvalue weighted by atomic mass is 9.83. The highest BCUT2D eigenvalue weighted by molar-refractivity contribution is 7.17. The van der Waals surface area contributed by atoms with E-state index in [0.717, 1.165) is 42.4 Å². The van der Waals surface area contributed by atoms with Gasteiger partial charge in [-0.05, 0) is 94.2 Å². The number of nitrogens with zero attached hydrogens (tertiary/aromatic N) is 4. The molecular weight excluding hydrogens is 548 g/mol. The van der Waals surface area contributed by atoms with Crippen LogP contribution in [0.4, 0.5) is 4.79 Å². The van der Waals surface area contributed by atoms with Crippen LogP contribution in [0.3, 0.4) is 0 Å². The van der Waals surface area contributed by atoms with Crippen molar-refractivity contribution >= 4 is 27.6 Å². The van der Waals surface area contributed by atoms with Crippen LogP contribution in [0.1, 0.15) is 64.5 Å². The first kappa shape index (κ1) is 28.6. The molecule has 4 aromatic rings. The average molecular weight is 591 g/mol. The largest absolute Gasteiger partial charge is 0.493 e. The first-order valence-electron chi connectivity index (χ1n) is 15.2. The predicted octanol–water partition coefficient (Wildman–Crippen LogP) is 7.48. The van der Waals surface area contributed by atoms with Gasteiger partial charge in [0.25, 0.3) is 0 Å². The van der Waals surface area contributed by atoms with Crippen LogP contribution in [0.25, 0.3) is 21.7 Å². The number of likely N-dealkylation sites (tertiary alicyclic amines) is 1. The molecule has 224 valence electrons. The number of aromatic nitrogens is 3. The quantitative estimate of drug-likeness (QED) is 0.202. The average Bonchev–Trinajstić information content (AvgIpc) is 3.63. The predicted molar refractivity (Wildman–Crippen MR) is 167 cm³/mol. The molecule has 6 rings (SSSR count). The van der Waals surface area contributed by atoms with E-state index in [0.29, 0.717) is 38.1 Å². The first-order chi connectivity index (χ1) is 20.2. The van der Waals surface area contributed by atoms with E-state index in [-0.39, 0.29) is 6.09 Å². The number of hydrogen-bond donors (Lipinski definition) is 0. The SMILES string of the molecule is Cn1c(-c2nc(C3CCC3)cn2CCOc2ccc(OCC3CCN(C(=O)OC(C)(C)C)CC3)cc2)cc2sccc21. The molecule has 0 bridgehead atoms. The summed E-state index contributed by atoms with van der Waals surface area (Å²) < 4.78 is 23.5. The molecule has 1 aliphatic heterocycles. The summed E-state index contributed by atoms with van der Waals surface area (Å²) in [6, 6.07) is 12.3. The summed E-state index contributed by atoms with van der Waals surface area (Å²) in [6.07, 6.45) is 7.60. The molecule has 1 aliphatic carbocycles. The minimum absolute atomic E-state index is 0.222. The summed E-state index contributed by atoms with van der Waals surface area (Å²) in [4.78, 5) is 19.2. The standard InChI is InChI=1S/C33H42N4O4S/c1-33(2,3)41-32(38)36-15-12-23(13-16-36)22-40-26-10-8-25(9-11-26)39-18-17-37-21-27(24-6-5-7-24)34-31(37)29-20-30-28(35(29)4)14-19-42-30/h8-11,14,19-21,23-24H,5-7,12-13,15-18,22H2,1-4H3. The van der Waals surface area contributed by atoms with Gasteiger partial charge >= 0.3 is 6.09 Å². The third-order valence-corrected chi connectivity index (χ3v) is 9.24. The van der Waals surface area contributed by atoms with Crippen molar-refractivity contribution in [3.8, 4) is 23.0 Å². The van der Waals surface area contributed by atoms with Crippen molar-refractivity contribution in [3.63, 3.8) is 0 Å². The lowest BCUT2D eigenvalue weighted by molar-refractivity contribution is 0.0165. The second-order valence-electron chi connectivity index (χ2n) is 12.6. The molecule has 0 spiro atoms. The van der Waals surface area contributed by atoms with Crippen molar-refractivity contribution in [1.82, 2.24) is 19.0 Å². The van der Waals surface area contributed by atoms with E-state index in [1.54, 1.807) is 16.2 Å². The number of carbonyl (C=O) groups is 1. The Bertz CT molecular complexity index is 1500. The molecular formula is C33H42N4O4S. The Kier molecular flexibility index (Phi) is 8.21. The third kappa shape index (κ3) is 6.46. The van der Waals surface area contributed by atoms with E-state index in [1.807, 2.05) is 45.0 Å². The number of fused-ring (bicyclic) bond motifs is 1. The van der Waals surface area contributed by atoms with Gasteiger partial charge in [0.05, 0.1) is 34.8 Å². The van der Waals surface area contributed by atoms with Gasteiger partial charge in [-0.1, -0.05) is 6.42 Å². The molecule has 0 unspecified atom stereocenters. The fourth-order valence-corrected chi connectivity index (χ4v) is 6.54. The molecule has 2 fully saturated rings. The molecule has 0 atom stereocenters. The van der Waals surface area contributed by atoms with Crippen LogP contribution < -0.4 is 9.47 Å². The molecule has 1 aromatic carbocycles. The smallest absolute Gasteiger partial charge is 0.410 e. The third-order valence-electron chi connectivity index (χ3n) is 8.39. The number of benzene rings is 1. The molecule has 9 heteroatoms. The second kappa shape index (κ2) is 12.0. The lowest BCUT2D eigenvalue weighted by Gasteiger charge is -2.33. The number of piperidine rings is 1. The Labute approximate surface area is 252 Å². The van der Waals surface area contributed by atoms with Crippen LogP contribution in [0, 0.1) is 5.92 Å². The van der Waals surface area contributed by atoms with Gasteiger partial charge in [0.2, 0.25) is 0 Å². The summed E-state index contributed by atoms with van der Waals surface area (Å²) in [5.41, 5.74) is 3.14. The lowest BCUT2D eigenvalue weighted by Crippen LogP contribution is -2.42. The maximum atomic E-state index is 12.3. The van der Waals surface area contributed by atoms with E-state index in [4.69, 9.17) is 19.2 Å². The van der Waals surface area contributed by atoms with Crippen LogP contribution in [-0.4, -0.2) is 57.0 Å². The van der Waals surface area contributed by atoms with E-state index in [1.165, 1.54) is 35.2 Å². The van der Waals surface area contributed by atoms with E-state index >= 15 is 0 Å². The zero-order valence-corrected chi connectivity index (χ0v) is 26.0. The number of aryl methyl sites for hydroxylation is 1. The molecule has 8 nitrogen and oxygen atoms in total. The van der Waals surface area contributed by atoms with Gasteiger partial charge in [-0.3, -0.25) is 0 Å². The van der Waals surface area contributed by atoms with Crippen molar-refractivity contribution in [3.05, 3.63) is 53.7 Å². The highest BCUT2D eigenvalue weighted by atomic mass is 32.1. The Morgan fingerprint density at radius 3 is 2.38 bits per heavy atom. The monoisotopic (exact) mass is 590 g/mol.